The molecule has 4 aromatic rings. The average molecular weight is 548 g/mol. The summed E-state index contributed by atoms with van der Waals surface area (Å²) < 4.78 is 85.1. The Morgan fingerprint density at radius 3 is 2.53 bits per heavy atom. The molecule has 0 saturated heterocycles. The van der Waals surface area contributed by atoms with E-state index in [4.69, 9.17) is 17.3 Å². The number of alkyl halides is 5. The van der Waals surface area contributed by atoms with Gasteiger partial charge in [0, 0.05) is 34.8 Å². The zero-order valence-corrected chi connectivity index (χ0v) is 19.6. The standard InChI is InChI=1S/C22H16ClF6N5OS/c23-13-2-3-14(30)17(18(13)24)11-1-4-15(31-7-11)16(5-6-35-21(25)26)34-9-12(8-33-34)19-20(22(27,28)29)32-10-36-19/h1-4,7-10,16,21H,5-6,30H2. The number of anilines is 1. The van der Waals surface area contributed by atoms with Crippen LogP contribution >= 0.6 is 22.9 Å². The lowest BCUT2D eigenvalue weighted by Gasteiger charge is -2.18. The fourth-order valence-electron chi connectivity index (χ4n) is 3.57. The molecule has 14 heteroatoms. The topological polar surface area (TPSA) is 78.9 Å². The fourth-order valence-corrected chi connectivity index (χ4v) is 4.51. The highest BCUT2D eigenvalue weighted by atomic mass is 35.5. The maximum absolute atomic E-state index is 14.5. The van der Waals surface area contributed by atoms with Gasteiger partial charge in [0.15, 0.2) is 11.5 Å². The van der Waals surface area contributed by atoms with Crippen molar-refractivity contribution < 1.29 is 31.1 Å². The number of thiazole rings is 1. The molecular formula is C22H16ClF6N5OS. The van der Waals surface area contributed by atoms with Crippen LogP contribution in [-0.2, 0) is 10.9 Å². The van der Waals surface area contributed by atoms with Crippen molar-refractivity contribution in [2.45, 2.75) is 25.3 Å². The van der Waals surface area contributed by atoms with E-state index in [-0.39, 0.29) is 39.7 Å². The minimum atomic E-state index is -4.66. The van der Waals surface area contributed by atoms with E-state index in [9.17, 15) is 26.3 Å². The Hall–Kier alpha value is -3.16. The Labute approximate surface area is 209 Å². The highest BCUT2D eigenvalue weighted by Gasteiger charge is 2.37. The van der Waals surface area contributed by atoms with Gasteiger partial charge >= 0.3 is 12.8 Å². The summed E-state index contributed by atoms with van der Waals surface area (Å²) in [6.07, 6.45) is -0.784. The first-order chi connectivity index (χ1) is 17.1. The molecule has 1 atom stereocenters. The molecule has 2 N–H and O–H groups in total. The molecule has 36 heavy (non-hydrogen) atoms. The molecule has 3 heterocycles. The van der Waals surface area contributed by atoms with Crippen LogP contribution in [0.3, 0.4) is 0 Å². The fraction of sp³-hybridized carbons (Fsp3) is 0.227. The summed E-state index contributed by atoms with van der Waals surface area (Å²) in [5, 5.41) is 4.01. The number of hydrogen-bond acceptors (Lipinski definition) is 6. The number of aromatic nitrogens is 4. The molecule has 0 amide bonds. The minimum absolute atomic E-state index is 0.0275. The Morgan fingerprint density at radius 1 is 1.08 bits per heavy atom. The van der Waals surface area contributed by atoms with Gasteiger partial charge in [-0.15, -0.1) is 11.3 Å². The van der Waals surface area contributed by atoms with E-state index in [1.165, 1.54) is 47.5 Å². The highest BCUT2D eigenvalue weighted by molar-refractivity contribution is 7.13. The lowest BCUT2D eigenvalue weighted by Crippen LogP contribution is -2.16. The molecule has 0 spiro atoms. The Bertz CT molecular complexity index is 1340. The number of nitrogen functional groups attached to an aromatic ring is 1. The van der Waals surface area contributed by atoms with Crippen molar-refractivity contribution in [2.24, 2.45) is 0 Å². The summed E-state index contributed by atoms with van der Waals surface area (Å²) >= 11 is 6.65. The predicted molar refractivity (Wildman–Crippen MR) is 122 cm³/mol. The van der Waals surface area contributed by atoms with Crippen molar-refractivity contribution in [3.8, 4) is 21.6 Å². The molecule has 1 unspecified atom stereocenters. The molecule has 0 aliphatic carbocycles. The number of ether oxygens (including phenoxy) is 1. The van der Waals surface area contributed by atoms with Crippen LogP contribution in [0.15, 0.2) is 48.4 Å². The summed E-state index contributed by atoms with van der Waals surface area (Å²) in [4.78, 5) is 7.57. The van der Waals surface area contributed by atoms with Crippen LogP contribution in [0.25, 0.3) is 21.6 Å². The predicted octanol–water partition coefficient (Wildman–Crippen LogP) is 6.68. The maximum atomic E-state index is 14.5. The number of benzene rings is 1. The highest BCUT2D eigenvalue weighted by Crippen LogP contribution is 2.39. The van der Waals surface area contributed by atoms with E-state index < -0.39 is 30.3 Å². The molecule has 4 rings (SSSR count). The number of hydrogen-bond donors (Lipinski definition) is 1. The van der Waals surface area contributed by atoms with Crippen LogP contribution in [0.2, 0.25) is 5.02 Å². The average Bonchev–Trinajstić information content (AvgIpc) is 3.49. The number of nitrogens with two attached hydrogens (primary N) is 1. The van der Waals surface area contributed by atoms with Crippen molar-refractivity contribution in [2.75, 3.05) is 12.3 Å². The SMILES string of the molecule is Nc1ccc(Cl)c(F)c1-c1ccc(C(CCOC(F)F)n2cc(-c3scnc3C(F)(F)F)cn2)nc1. The van der Waals surface area contributed by atoms with Gasteiger partial charge in [-0.1, -0.05) is 17.7 Å². The second-order valence-electron chi connectivity index (χ2n) is 7.47. The lowest BCUT2D eigenvalue weighted by atomic mass is 10.0. The number of pyridine rings is 1. The van der Waals surface area contributed by atoms with Crippen LogP contribution in [0, 0.1) is 5.82 Å². The third-order valence-corrected chi connectivity index (χ3v) is 6.37. The van der Waals surface area contributed by atoms with Crippen molar-refractivity contribution in [1.82, 2.24) is 19.7 Å². The molecule has 190 valence electrons. The first-order valence-electron chi connectivity index (χ1n) is 10.2. The van der Waals surface area contributed by atoms with Gasteiger partial charge in [-0.05, 0) is 24.6 Å². The Balaban J connectivity index is 1.68. The van der Waals surface area contributed by atoms with Crippen LogP contribution < -0.4 is 5.73 Å². The van der Waals surface area contributed by atoms with Crippen molar-refractivity contribution >= 4 is 28.6 Å². The molecular weight excluding hydrogens is 532 g/mol. The molecule has 6 nitrogen and oxygen atoms in total. The zero-order chi connectivity index (χ0) is 26.0. The van der Waals surface area contributed by atoms with Gasteiger partial charge in [-0.25, -0.2) is 9.37 Å². The van der Waals surface area contributed by atoms with Gasteiger partial charge in [-0.2, -0.15) is 27.1 Å². The second-order valence-corrected chi connectivity index (χ2v) is 8.73. The van der Waals surface area contributed by atoms with E-state index in [0.717, 1.165) is 16.8 Å². The van der Waals surface area contributed by atoms with Gasteiger partial charge in [0.1, 0.15) is 0 Å². The van der Waals surface area contributed by atoms with E-state index >= 15 is 0 Å². The van der Waals surface area contributed by atoms with Crippen LogP contribution in [0.5, 0.6) is 0 Å². The molecule has 0 fully saturated rings. The second kappa shape index (κ2) is 10.4. The Morgan fingerprint density at radius 2 is 1.86 bits per heavy atom. The van der Waals surface area contributed by atoms with Gasteiger partial charge in [-0.3, -0.25) is 9.67 Å². The van der Waals surface area contributed by atoms with E-state index in [1.807, 2.05) is 0 Å². The summed E-state index contributed by atoms with van der Waals surface area (Å²) in [6, 6.07) is 5.01. The molecule has 3 aromatic heterocycles. The monoisotopic (exact) mass is 547 g/mol. The molecule has 0 bridgehead atoms. The normalized spacial score (nSPS) is 12.9. The minimum Gasteiger partial charge on any atom is -0.398 e. The molecule has 0 aliphatic rings. The quantitative estimate of drug-likeness (QED) is 0.197. The van der Waals surface area contributed by atoms with Crippen molar-refractivity contribution in [1.29, 1.82) is 0 Å². The summed E-state index contributed by atoms with van der Waals surface area (Å²) in [5.74, 6) is -0.727. The lowest BCUT2D eigenvalue weighted by molar-refractivity contribution is -0.140. The number of nitrogens with zero attached hydrogens (tertiary/aromatic N) is 4. The van der Waals surface area contributed by atoms with Crippen molar-refractivity contribution in [3.05, 3.63) is 70.6 Å². The molecule has 0 radical (unpaired) electrons. The van der Waals surface area contributed by atoms with E-state index in [0.29, 0.717) is 11.3 Å². The molecule has 0 saturated carbocycles. The first-order valence-corrected chi connectivity index (χ1v) is 11.5. The van der Waals surface area contributed by atoms with E-state index in [2.05, 4.69) is 19.8 Å². The largest absolute Gasteiger partial charge is 0.434 e. The third kappa shape index (κ3) is 5.47. The summed E-state index contributed by atoms with van der Waals surface area (Å²) in [7, 11) is 0. The molecule has 1 aromatic carbocycles. The maximum Gasteiger partial charge on any atom is 0.434 e. The zero-order valence-electron chi connectivity index (χ0n) is 18.0. The first kappa shape index (κ1) is 25.9. The van der Waals surface area contributed by atoms with Crippen LogP contribution in [0.1, 0.15) is 23.9 Å². The number of halogens is 7. The van der Waals surface area contributed by atoms with Crippen LogP contribution in [0.4, 0.5) is 32.0 Å². The summed E-state index contributed by atoms with van der Waals surface area (Å²) in [5.41, 5.74) is 6.89. The summed E-state index contributed by atoms with van der Waals surface area (Å²) in [6.45, 7) is -3.39. The van der Waals surface area contributed by atoms with Crippen LogP contribution in [-0.4, -0.2) is 33.0 Å². The smallest absolute Gasteiger partial charge is 0.398 e. The van der Waals surface area contributed by atoms with Crippen molar-refractivity contribution in [3.63, 3.8) is 0 Å². The molecule has 0 aliphatic heterocycles. The van der Waals surface area contributed by atoms with Gasteiger partial charge < -0.3 is 10.5 Å². The van der Waals surface area contributed by atoms with Gasteiger partial charge in [0.25, 0.3) is 0 Å². The number of rotatable bonds is 8. The van der Waals surface area contributed by atoms with Gasteiger partial charge in [0.2, 0.25) is 0 Å². The van der Waals surface area contributed by atoms with E-state index in [1.54, 1.807) is 0 Å². The third-order valence-electron chi connectivity index (χ3n) is 5.20. The Kier molecular flexibility index (Phi) is 7.52. The van der Waals surface area contributed by atoms with Gasteiger partial charge in [0.05, 0.1) is 39.9 Å².